The number of rotatable bonds is 11. The highest BCUT2D eigenvalue weighted by Crippen LogP contribution is 2.76. The van der Waals surface area contributed by atoms with Gasteiger partial charge >= 0.3 is 22.3 Å². The highest BCUT2D eigenvalue weighted by molar-refractivity contribution is 7.80. The van der Waals surface area contributed by atoms with E-state index in [4.69, 9.17) is 32.6 Å². The fraction of sp³-hybridized carbons (Fsp3) is 0.907. The molecule has 0 bridgehead atoms. The molecular formula is C43H68O17S. The highest BCUT2D eigenvalue weighted by Gasteiger charge is 2.79. The van der Waals surface area contributed by atoms with Crippen molar-refractivity contribution in [1.82, 2.24) is 0 Å². The topological polar surface area (TPSA) is 254 Å². The van der Waals surface area contributed by atoms with Gasteiger partial charge in [0.15, 0.2) is 12.6 Å². The van der Waals surface area contributed by atoms with Gasteiger partial charge in [-0.15, -0.1) is 0 Å². The Balaban J connectivity index is 1.12. The Hall–Kier alpha value is -1.81. The quantitative estimate of drug-likeness (QED) is 0.0755. The molecule has 7 aliphatic rings. The van der Waals surface area contributed by atoms with E-state index in [0.29, 0.717) is 32.1 Å². The van der Waals surface area contributed by atoms with Crippen LogP contribution in [0.3, 0.4) is 0 Å². The molecule has 348 valence electrons. The first kappa shape index (κ1) is 47.2. The zero-order valence-electron chi connectivity index (χ0n) is 36.8. The maximum atomic E-state index is 14.4. The Morgan fingerprint density at radius 2 is 1.59 bits per heavy atom. The van der Waals surface area contributed by atoms with Crippen LogP contribution in [0, 0.1) is 39.4 Å². The van der Waals surface area contributed by atoms with Crippen molar-refractivity contribution in [3.05, 3.63) is 11.6 Å². The molecule has 0 aromatic rings. The van der Waals surface area contributed by atoms with Gasteiger partial charge in [-0.2, -0.15) is 8.42 Å². The van der Waals surface area contributed by atoms with Crippen molar-refractivity contribution in [2.75, 3.05) is 6.61 Å². The van der Waals surface area contributed by atoms with E-state index >= 15 is 0 Å². The lowest BCUT2D eigenvalue weighted by molar-refractivity contribution is -0.362. The maximum Gasteiger partial charge on any atom is 0.397 e. The molecular weight excluding hydrogens is 821 g/mol. The number of carbonyl (C=O) groups excluding carboxylic acids is 2. The molecule has 17 nitrogen and oxygen atoms in total. The number of cyclic esters (lactones) is 1. The summed E-state index contributed by atoms with van der Waals surface area (Å²) in [7, 11) is -5.03. The number of ether oxygens (including phenoxy) is 6. The molecule has 1 unspecified atom stereocenters. The second kappa shape index (κ2) is 16.0. The van der Waals surface area contributed by atoms with Crippen molar-refractivity contribution in [3.63, 3.8) is 0 Å². The maximum absolute atomic E-state index is 14.4. The number of aliphatic hydroxyl groups excluding tert-OH is 5. The van der Waals surface area contributed by atoms with Crippen LogP contribution in [-0.4, -0.2) is 136 Å². The van der Waals surface area contributed by atoms with Crippen LogP contribution in [0.5, 0.6) is 0 Å². The minimum atomic E-state index is -5.03. The number of allylic oxidation sites excluding steroid dienone is 1. The Morgan fingerprint density at radius 1 is 0.902 bits per heavy atom. The molecule has 18 atom stereocenters. The predicted octanol–water partition coefficient (Wildman–Crippen LogP) is 2.87. The molecule has 0 aromatic heterocycles. The van der Waals surface area contributed by atoms with Crippen molar-refractivity contribution in [1.29, 1.82) is 0 Å². The van der Waals surface area contributed by atoms with Gasteiger partial charge in [0, 0.05) is 12.8 Å². The van der Waals surface area contributed by atoms with Crippen LogP contribution in [-0.2, 0) is 52.6 Å². The van der Waals surface area contributed by atoms with Crippen molar-refractivity contribution in [2.45, 2.75) is 199 Å². The summed E-state index contributed by atoms with van der Waals surface area (Å²) in [6, 6.07) is 0. The molecule has 6 fully saturated rings. The second-order valence-corrected chi connectivity index (χ2v) is 22.0. The summed E-state index contributed by atoms with van der Waals surface area (Å²) in [5.41, 5.74) is -2.92. The lowest BCUT2D eigenvalue weighted by Crippen LogP contribution is -2.64. The fourth-order valence-corrected chi connectivity index (χ4v) is 14.1. The fourth-order valence-electron chi connectivity index (χ4n) is 13.6. The second-order valence-electron chi connectivity index (χ2n) is 21.0. The molecule has 7 rings (SSSR count). The predicted molar refractivity (Wildman–Crippen MR) is 213 cm³/mol. The third-order valence-corrected chi connectivity index (χ3v) is 17.0. The van der Waals surface area contributed by atoms with Gasteiger partial charge < -0.3 is 54.0 Å². The zero-order valence-corrected chi connectivity index (χ0v) is 37.6. The Morgan fingerprint density at radius 3 is 2.25 bits per heavy atom. The first-order valence-corrected chi connectivity index (χ1v) is 23.3. The van der Waals surface area contributed by atoms with Gasteiger partial charge in [0.05, 0.1) is 24.9 Å². The van der Waals surface area contributed by atoms with Gasteiger partial charge in [-0.05, 0) is 114 Å². The number of aliphatic hydroxyl groups is 5. The smallest absolute Gasteiger partial charge is 0.397 e. The molecule has 0 amide bonds. The average Bonchev–Trinajstić information content (AvgIpc) is 3.60. The summed E-state index contributed by atoms with van der Waals surface area (Å²) >= 11 is 0. The molecule has 3 heterocycles. The number of hydrogen-bond acceptors (Lipinski definition) is 16. The van der Waals surface area contributed by atoms with Crippen LogP contribution in [0.4, 0.5) is 0 Å². The van der Waals surface area contributed by atoms with E-state index in [1.54, 1.807) is 0 Å². The summed E-state index contributed by atoms with van der Waals surface area (Å²) in [5, 5.41) is 55.3. The highest BCUT2D eigenvalue weighted by atomic mass is 32.3. The molecule has 18 heteroatoms. The molecule has 3 aliphatic heterocycles. The zero-order chi connectivity index (χ0) is 45.0. The molecule has 6 N–H and O–H groups in total. The molecule has 3 saturated heterocycles. The standard InChI is InChI=1S/C43H68O17S/c1-21-30(46)32(48)33(49)35(55-21)57-34-31(47)25(60-61(51,52)53)20-54-36(34)56-29-14-17-40(7)24-19-28(45)43-27(13-18-41(43,8)23(24)11-12-26(40)39(29,5)6)42(9,59-37(43)50)16-10-15-38(3,4)58-22(2)44/h19,21,23,25-36,45-49H,10-18,20H2,1-9H3,(H,51,52,53)/t21-,23-,25-,26?,27-,28+,29+,30-,31+,32+,33-,34-,35+,36+,40-,41+,42+,43+/m1/s1. The van der Waals surface area contributed by atoms with E-state index in [0.717, 1.165) is 31.3 Å². The normalized spacial score (nSPS) is 48.2. The number of esters is 2. The van der Waals surface area contributed by atoms with E-state index in [9.17, 15) is 48.1 Å². The van der Waals surface area contributed by atoms with Crippen LogP contribution in [0.15, 0.2) is 11.6 Å². The van der Waals surface area contributed by atoms with E-state index < -0.39 is 117 Å². The molecule has 3 saturated carbocycles. The van der Waals surface area contributed by atoms with Gasteiger partial charge in [-0.3, -0.25) is 14.1 Å². The summed E-state index contributed by atoms with van der Waals surface area (Å²) in [4.78, 5) is 26.1. The Labute approximate surface area is 358 Å². The van der Waals surface area contributed by atoms with Crippen LogP contribution in [0.25, 0.3) is 0 Å². The largest absolute Gasteiger partial charge is 0.460 e. The van der Waals surface area contributed by atoms with Crippen molar-refractivity contribution >= 4 is 22.3 Å². The van der Waals surface area contributed by atoms with Crippen LogP contribution < -0.4 is 0 Å². The summed E-state index contributed by atoms with van der Waals surface area (Å²) in [6.45, 7) is 16.7. The summed E-state index contributed by atoms with van der Waals surface area (Å²) in [5.74, 6) is -0.848. The van der Waals surface area contributed by atoms with Gasteiger partial charge in [-0.25, -0.2) is 4.18 Å². The Bertz CT molecular complexity index is 1840. The molecule has 4 aliphatic carbocycles. The van der Waals surface area contributed by atoms with E-state index in [1.807, 2.05) is 26.8 Å². The van der Waals surface area contributed by atoms with Gasteiger partial charge in [0.2, 0.25) is 0 Å². The monoisotopic (exact) mass is 888 g/mol. The molecule has 0 aromatic carbocycles. The Kier molecular flexibility index (Phi) is 12.3. The SMILES string of the molecule is CC(=O)OC(C)(C)CCC[C@]1(C)OC(=O)[C@]23[C@@H](O)C=C4[C@@H](CCC5C(C)(C)[C@@H](O[C@@H]6OC[C@@H](OS(=O)(=O)O)[C@H](O)[C@H]6O[C@@H]6O[C@H](C)[C@@H](O)[C@H](O)[C@H]6O)CC[C@]45C)[C@]2(C)CC[C@@H]31. The third-order valence-electron chi connectivity index (χ3n) is 16.5. The summed E-state index contributed by atoms with van der Waals surface area (Å²) < 4.78 is 73.6. The minimum absolute atomic E-state index is 0.0146. The number of carbonyl (C=O) groups is 2. The van der Waals surface area contributed by atoms with Crippen LogP contribution >= 0.6 is 0 Å². The van der Waals surface area contributed by atoms with Crippen LogP contribution in [0.1, 0.15) is 120 Å². The minimum Gasteiger partial charge on any atom is -0.460 e. The molecule has 0 radical (unpaired) electrons. The lowest BCUT2D eigenvalue weighted by Gasteiger charge is -2.64. The van der Waals surface area contributed by atoms with E-state index in [-0.39, 0.29) is 29.7 Å². The molecule has 61 heavy (non-hydrogen) atoms. The van der Waals surface area contributed by atoms with Crippen molar-refractivity contribution < 1.29 is 80.7 Å². The number of fused-ring (bicyclic) bond motifs is 4. The van der Waals surface area contributed by atoms with Crippen molar-refractivity contribution in [2.24, 2.45) is 39.4 Å². The first-order valence-electron chi connectivity index (χ1n) is 21.9. The summed E-state index contributed by atoms with van der Waals surface area (Å²) in [6.07, 6.45) is -7.29. The van der Waals surface area contributed by atoms with Gasteiger partial charge in [-0.1, -0.05) is 39.3 Å². The van der Waals surface area contributed by atoms with Gasteiger partial charge in [0.1, 0.15) is 53.2 Å². The van der Waals surface area contributed by atoms with Crippen LogP contribution in [0.2, 0.25) is 0 Å². The van der Waals surface area contributed by atoms with Crippen molar-refractivity contribution in [3.8, 4) is 0 Å². The first-order chi connectivity index (χ1) is 28.1. The average molecular weight is 889 g/mol. The molecule has 1 spiro atoms. The van der Waals surface area contributed by atoms with Gasteiger partial charge in [0.25, 0.3) is 0 Å². The number of hydrogen-bond donors (Lipinski definition) is 6. The lowest BCUT2D eigenvalue weighted by atomic mass is 9.40. The third kappa shape index (κ3) is 7.73. The van der Waals surface area contributed by atoms with E-state index in [2.05, 4.69) is 27.7 Å². The van der Waals surface area contributed by atoms with E-state index in [1.165, 1.54) is 13.8 Å².